The van der Waals surface area contributed by atoms with Crippen LogP contribution < -0.4 is 5.32 Å². The Bertz CT molecular complexity index is 474. The van der Waals surface area contributed by atoms with Gasteiger partial charge in [-0.2, -0.15) is 0 Å². The Labute approximate surface area is 97.6 Å². The summed E-state index contributed by atoms with van der Waals surface area (Å²) in [6, 6.07) is 3.24. The molecule has 2 aromatic rings. The van der Waals surface area contributed by atoms with E-state index in [9.17, 15) is 9.90 Å². The second-order valence-electron chi connectivity index (χ2n) is 3.59. The van der Waals surface area contributed by atoms with Crippen molar-refractivity contribution in [2.45, 2.75) is 19.8 Å². The average Bonchev–Trinajstić information content (AvgIpc) is 2.86. The molecule has 2 aromatic heterocycles. The molecule has 0 aliphatic carbocycles. The van der Waals surface area contributed by atoms with Crippen molar-refractivity contribution < 1.29 is 19.1 Å². The van der Waals surface area contributed by atoms with Gasteiger partial charge in [0.25, 0.3) is 6.41 Å². The van der Waals surface area contributed by atoms with E-state index in [4.69, 9.17) is 9.15 Å². The van der Waals surface area contributed by atoms with Crippen LogP contribution in [0.4, 0.5) is 0 Å². The van der Waals surface area contributed by atoms with E-state index in [1.54, 1.807) is 6.07 Å². The molecule has 0 saturated carbocycles. The van der Waals surface area contributed by atoms with Gasteiger partial charge in [0.1, 0.15) is 5.69 Å². The number of carbonyl (C=O) groups is 1. The fourth-order valence-corrected chi connectivity index (χ4v) is 1.43. The Balaban J connectivity index is 1.98. The van der Waals surface area contributed by atoms with Crippen LogP contribution in [0.1, 0.15) is 23.8 Å². The Hall–Kier alpha value is -1.79. The van der Waals surface area contributed by atoms with E-state index < -0.39 is 12.4 Å². The van der Waals surface area contributed by atoms with Gasteiger partial charge in [0.05, 0.1) is 11.8 Å². The Morgan fingerprint density at radius 1 is 1.71 bits per heavy atom. The monoisotopic (exact) mass is 238 g/mol. The van der Waals surface area contributed by atoms with Crippen LogP contribution >= 0.6 is 0 Å². The molecule has 2 rings (SSSR count). The summed E-state index contributed by atoms with van der Waals surface area (Å²) in [4.78, 5) is 14.4. The van der Waals surface area contributed by atoms with Gasteiger partial charge in [-0.25, -0.2) is 4.79 Å². The van der Waals surface area contributed by atoms with Crippen LogP contribution in [0.2, 0.25) is 0 Å². The largest absolute Gasteiger partial charge is 0.463 e. The van der Waals surface area contributed by atoms with Crippen molar-refractivity contribution in [3.05, 3.63) is 24.1 Å². The predicted octanol–water partition coefficient (Wildman–Crippen LogP) is 1.19. The lowest BCUT2D eigenvalue weighted by molar-refractivity contribution is -0.0841. The molecule has 0 aromatic carbocycles. The van der Waals surface area contributed by atoms with E-state index in [1.165, 1.54) is 12.3 Å². The van der Waals surface area contributed by atoms with Crippen molar-refractivity contribution >= 4 is 17.1 Å². The molecule has 0 radical (unpaired) electrons. The number of aromatic amines is 1. The van der Waals surface area contributed by atoms with E-state index in [-0.39, 0.29) is 5.69 Å². The molecule has 1 unspecified atom stereocenters. The number of aliphatic hydroxyl groups excluding tert-OH is 1. The van der Waals surface area contributed by atoms with Crippen LogP contribution in [0.3, 0.4) is 0 Å². The highest BCUT2D eigenvalue weighted by molar-refractivity contribution is 5.93. The standard InChI is InChI=1S/C11H14N2O4/c1-2-4-12-11(15)17-10(14)8-6-9-7(13-8)3-5-16-9/h3,5-6,11-13,15H,2,4H2,1H3. The Morgan fingerprint density at radius 2 is 2.53 bits per heavy atom. The summed E-state index contributed by atoms with van der Waals surface area (Å²) in [5.74, 6) is -0.632. The molecule has 3 N–H and O–H groups in total. The molecule has 17 heavy (non-hydrogen) atoms. The third kappa shape index (κ3) is 2.66. The number of rotatable bonds is 5. The van der Waals surface area contributed by atoms with Gasteiger partial charge in [0, 0.05) is 18.7 Å². The van der Waals surface area contributed by atoms with Gasteiger partial charge >= 0.3 is 5.97 Å². The van der Waals surface area contributed by atoms with Gasteiger partial charge in [-0.3, -0.25) is 5.32 Å². The first-order valence-corrected chi connectivity index (χ1v) is 5.39. The molecule has 6 heteroatoms. The van der Waals surface area contributed by atoms with Gasteiger partial charge < -0.3 is 19.2 Å². The molecule has 92 valence electrons. The molecule has 1 atom stereocenters. The minimum atomic E-state index is -1.29. The zero-order valence-electron chi connectivity index (χ0n) is 9.40. The number of esters is 1. The first kappa shape index (κ1) is 11.7. The lowest BCUT2D eigenvalue weighted by Crippen LogP contribution is -2.34. The number of fused-ring (bicyclic) bond motifs is 1. The minimum absolute atomic E-state index is 0.247. The second kappa shape index (κ2) is 5.03. The zero-order chi connectivity index (χ0) is 12.3. The van der Waals surface area contributed by atoms with E-state index in [1.807, 2.05) is 6.92 Å². The van der Waals surface area contributed by atoms with E-state index in [2.05, 4.69) is 10.3 Å². The number of aliphatic hydroxyl groups is 1. The van der Waals surface area contributed by atoms with Crippen molar-refractivity contribution in [1.82, 2.24) is 10.3 Å². The smallest absolute Gasteiger partial charge is 0.358 e. The summed E-state index contributed by atoms with van der Waals surface area (Å²) in [5.41, 5.74) is 1.54. The Morgan fingerprint density at radius 3 is 3.24 bits per heavy atom. The summed E-state index contributed by atoms with van der Waals surface area (Å²) in [7, 11) is 0. The molecule has 0 aliphatic heterocycles. The quantitative estimate of drug-likeness (QED) is 0.538. The van der Waals surface area contributed by atoms with Crippen LogP contribution in [-0.4, -0.2) is 29.0 Å². The number of nitrogens with one attached hydrogen (secondary N) is 2. The third-order valence-corrected chi connectivity index (χ3v) is 2.25. The molecule has 0 spiro atoms. The maximum absolute atomic E-state index is 11.6. The van der Waals surface area contributed by atoms with Crippen LogP contribution in [-0.2, 0) is 4.74 Å². The Kier molecular flexibility index (Phi) is 3.46. The summed E-state index contributed by atoms with van der Waals surface area (Å²) in [5, 5.41) is 12.0. The van der Waals surface area contributed by atoms with Crippen LogP contribution in [0.15, 0.2) is 22.8 Å². The number of H-pyrrole nitrogens is 1. The van der Waals surface area contributed by atoms with Crippen molar-refractivity contribution in [2.75, 3.05) is 6.54 Å². The molecule has 0 aliphatic rings. The predicted molar refractivity (Wildman–Crippen MR) is 60.3 cm³/mol. The number of hydrogen-bond acceptors (Lipinski definition) is 5. The second-order valence-corrected chi connectivity index (χ2v) is 3.59. The minimum Gasteiger partial charge on any atom is -0.463 e. The third-order valence-electron chi connectivity index (χ3n) is 2.25. The van der Waals surface area contributed by atoms with Gasteiger partial charge in [-0.15, -0.1) is 0 Å². The summed E-state index contributed by atoms with van der Waals surface area (Å²) < 4.78 is 9.87. The fraction of sp³-hybridized carbons (Fsp3) is 0.364. The highest BCUT2D eigenvalue weighted by atomic mass is 16.7. The SMILES string of the molecule is CCCNC(O)OC(=O)c1cc2occc2[nH]1. The first-order chi connectivity index (χ1) is 8.20. The van der Waals surface area contributed by atoms with Crippen molar-refractivity contribution in [1.29, 1.82) is 0 Å². The lowest BCUT2D eigenvalue weighted by Gasteiger charge is -2.11. The van der Waals surface area contributed by atoms with Gasteiger partial charge in [0.2, 0.25) is 0 Å². The first-order valence-electron chi connectivity index (χ1n) is 5.39. The zero-order valence-corrected chi connectivity index (χ0v) is 9.40. The summed E-state index contributed by atoms with van der Waals surface area (Å²) >= 11 is 0. The molecule has 0 bridgehead atoms. The van der Waals surface area contributed by atoms with Gasteiger partial charge in [-0.05, 0) is 6.42 Å². The number of hydrogen-bond donors (Lipinski definition) is 3. The maximum atomic E-state index is 11.6. The maximum Gasteiger partial charge on any atom is 0.358 e. The molecule has 2 heterocycles. The molecular weight excluding hydrogens is 224 g/mol. The van der Waals surface area contributed by atoms with E-state index >= 15 is 0 Å². The van der Waals surface area contributed by atoms with Gasteiger partial charge in [0.15, 0.2) is 5.58 Å². The van der Waals surface area contributed by atoms with Crippen molar-refractivity contribution in [3.8, 4) is 0 Å². The van der Waals surface area contributed by atoms with Crippen molar-refractivity contribution in [3.63, 3.8) is 0 Å². The van der Waals surface area contributed by atoms with E-state index in [0.717, 1.165) is 6.42 Å². The number of ether oxygens (including phenoxy) is 1. The van der Waals surface area contributed by atoms with Crippen molar-refractivity contribution in [2.24, 2.45) is 0 Å². The van der Waals surface area contributed by atoms with Gasteiger partial charge in [-0.1, -0.05) is 6.92 Å². The number of aromatic nitrogens is 1. The average molecular weight is 238 g/mol. The molecule has 0 saturated heterocycles. The lowest BCUT2D eigenvalue weighted by atomic mass is 10.4. The molecular formula is C11H14N2O4. The molecule has 6 nitrogen and oxygen atoms in total. The number of furan rings is 1. The summed E-state index contributed by atoms with van der Waals surface area (Å²) in [6.45, 7) is 2.52. The fourth-order valence-electron chi connectivity index (χ4n) is 1.43. The molecule has 0 fully saturated rings. The highest BCUT2D eigenvalue weighted by Crippen LogP contribution is 2.16. The summed E-state index contributed by atoms with van der Waals surface area (Å²) in [6.07, 6.45) is 1.06. The number of carbonyl (C=O) groups excluding carboxylic acids is 1. The van der Waals surface area contributed by atoms with E-state index in [0.29, 0.717) is 17.6 Å². The van der Waals surface area contributed by atoms with Crippen LogP contribution in [0, 0.1) is 0 Å². The van der Waals surface area contributed by atoms with Crippen LogP contribution in [0.5, 0.6) is 0 Å². The highest BCUT2D eigenvalue weighted by Gasteiger charge is 2.15. The normalized spacial score (nSPS) is 12.8. The topological polar surface area (TPSA) is 87.5 Å². The van der Waals surface area contributed by atoms with Crippen LogP contribution in [0.25, 0.3) is 11.1 Å². The molecule has 0 amide bonds.